The van der Waals surface area contributed by atoms with Crippen molar-refractivity contribution in [2.45, 2.75) is 20.8 Å². The lowest BCUT2D eigenvalue weighted by atomic mass is 10.4. The lowest BCUT2D eigenvalue weighted by Crippen LogP contribution is -2.18. The number of carboxylic acid groups (broad SMARTS) is 1. The summed E-state index contributed by atoms with van der Waals surface area (Å²) in [6.45, 7) is 5.46. The molecule has 4 heteroatoms. The van der Waals surface area contributed by atoms with E-state index >= 15 is 0 Å². The molecule has 0 saturated carbocycles. The van der Waals surface area contributed by atoms with Crippen molar-refractivity contribution in [3.63, 3.8) is 0 Å². The summed E-state index contributed by atoms with van der Waals surface area (Å²) in [6.07, 6.45) is 5.74. The molecule has 0 aliphatic rings. The Morgan fingerprint density at radius 3 is 2.14 bits per heavy atom. The van der Waals surface area contributed by atoms with E-state index in [9.17, 15) is 14.7 Å². The maximum atomic E-state index is 9.82. The van der Waals surface area contributed by atoms with Crippen LogP contribution in [0.3, 0.4) is 0 Å². The molecule has 0 heterocycles. The van der Waals surface area contributed by atoms with Crippen LogP contribution in [0.15, 0.2) is 24.3 Å². The highest BCUT2D eigenvalue weighted by atomic mass is 16.5. The van der Waals surface area contributed by atoms with Crippen LogP contribution in [-0.4, -0.2) is 18.5 Å². The van der Waals surface area contributed by atoms with E-state index in [2.05, 4.69) is 4.74 Å². The molecule has 0 aliphatic carbocycles. The highest BCUT2D eigenvalue weighted by Gasteiger charge is 1.81. The summed E-state index contributed by atoms with van der Waals surface area (Å²) in [7, 11) is 0. The van der Waals surface area contributed by atoms with Crippen LogP contribution >= 0.6 is 0 Å². The van der Waals surface area contributed by atoms with Gasteiger partial charge in [-0.1, -0.05) is 18.2 Å². The van der Waals surface area contributed by atoms with Gasteiger partial charge in [0.1, 0.15) is 0 Å². The summed E-state index contributed by atoms with van der Waals surface area (Å²) in [5.41, 5.74) is 0. The first kappa shape index (κ1) is 14.9. The van der Waals surface area contributed by atoms with Gasteiger partial charge in [-0.15, -0.1) is 0 Å². The van der Waals surface area contributed by atoms with E-state index in [0.717, 1.165) is 6.08 Å². The minimum absolute atomic E-state index is 0.211. The van der Waals surface area contributed by atoms with E-state index in [1.807, 2.05) is 0 Å². The lowest BCUT2D eigenvalue weighted by molar-refractivity contribution is -0.297. The molecule has 0 amide bonds. The predicted molar refractivity (Wildman–Crippen MR) is 51.3 cm³/mol. The van der Waals surface area contributed by atoms with Crippen LogP contribution in [0.5, 0.6) is 0 Å². The Kier molecular flexibility index (Phi) is 12.2. The molecule has 0 saturated heterocycles. The molecular weight excluding hydrogens is 184 g/mol. The highest BCUT2D eigenvalue weighted by Crippen LogP contribution is 1.72. The van der Waals surface area contributed by atoms with Crippen LogP contribution in [0.4, 0.5) is 0 Å². The molecule has 0 unspecified atom stereocenters. The average Bonchev–Trinajstić information content (AvgIpc) is 2.05. The highest BCUT2D eigenvalue weighted by molar-refractivity contribution is 5.77. The summed E-state index contributed by atoms with van der Waals surface area (Å²) in [5.74, 6) is -1.37. The largest absolute Gasteiger partial charge is 0.545 e. The smallest absolute Gasteiger partial charge is 0.302 e. The first-order chi connectivity index (χ1) is 6.54. The maximum absolute atomic E-state index is 9.82. The number of hydrogen-bond acceptors (Lipinski definition) is 4. The molecule has 0 spiro atoms. The Hall–Kier alpha value is -1.58. The third kappa shape index (κ3) is 22.4. The Balaban J connectivity index is 0. The Labute approximate surface area is 83.9 Å². The van der Waals surface area contributed by atoms with Crippen LogP contribution in [0.2, 0.25) is 0 Å². The molecule has 0 aromatic carbocycles. The normalized spacial score (nSPS) is 9.64. The molecule has 0 rings (SSSR count). The second-order valence-electron chi connectivity index (χ2n) is 2.13. The maximum Gasteiger partial charge on any atom is 0.302 e. The molecule has 0 N–H and O–H groups in total. The molecule has 0 atom stereocenters. The molecule has 0 fully saturated rings. The fraction of sp³-hybridized carbons (Fsp3) is 0.400. The Morgan fingerprint density at radius 1 is 1.36 bits per heavy atom. The first-order valence-electron chi connectivity index (χ1n) is 4.18. The van der Waals surface area contributed by atoms with Crippen molar-refractivity contribution in [2.24, 2.45) is 0 Å². The number of rotatable bonds is 3. The number of ether oxygens (including phenoxy) is 1. The summed E-state index contributed by atoms with van der Waals surface area (Å²) >= 11 is 0. The van der Waals surface area contributed by atoms with Gasteiger partial charge in [-0.05, 0) is 19.9 Å². The SMILES string of the molecule is C/C=C/C=C/C(=O)[O-].CCOC(C)=O. The van der Waals surface area contributed by atoms with Gasteiger partial charge in [0.2, 0.25) is 0 Å². The van der Waals surface area contributed by atoms with Crippen LogP contribution in [-0.2, 0) is 14.3 Å². The number of aliphatic carboxylic acids is 1. The predicted octanol–water partition coefficient (Wildman–Crippen LogP) is 0.438. The van der Waals surface area contributed by atoms with Gasteiger partial charge in [0.25, 0.3) is 0 Å². The molecule has 0 aliphatic heterocycles. The molecule has 14 heavy (non-hydrogen) atoms. The van der Waals surface area contributed by atoms with Crippen LogP contribution in [0, 0.1) is 0 Å². The Morgan fingerprint density at radius 2 is 1.93 bits per heavy atom. The van der Waals surface area contributed by atoms with Gasteiger partial charge in [0.15, 0.2) is 0 Å². The summed E-state index contributed by atoms with van der Waals surface area (Å²) in [4.78, 5) is 19.5. The minimum Gasteiger partial charge on any atom is -0.545 e. The molecule has 0 bridgehead atoms. The van der Waals surface area contributed by atoms with Crippen molar-refractivity contribution < 1.29 is 19.4 Å². The fourth-order valence-electron chi connectivity index (χ4n) is 0.448. The molecule has 0 aromatic rings. The van der Waals surface area contributed by atoms with Crippen molar-refractivity contribution in [3.8, 4) is 0 Å². The van der Waals surface area contributed by atoms with Gasteiger partial charge in [-0.25, -0.2) is 0 Å². The van der Waals surface area contributed by atoms with Crippen molar-refractivity contribution in [3.05, 3.63) is 24.3 Å². The van der Waals surface area contributed by atoms with Crippen molar-refractivity contribution in [1.29, 1.82) is 0 Å². The zero-order chi connectivity index (χ0) is 11.4. The van der Waals surface area contributed by atoms with Gasteiger partial charge in [-0.2, -0.15) is 0 Å². The number of allylic oxidation sites excluding steroid dienone is 3. The van der Waals surface area contributed by atoms with Crippen molar-refractivity contribution >= 4 is 11.9 Å². The van der Waals surface area contributed by atoms with Crippen LogP contribution < -0.4 is 5.11 Å². The van der Waals surface area contributed by atoms with E-state index in [-0.39, 0.29) is 5.97 Å². The number of carbonyl (C=O) groups is 2. The van der Waals surface area contributed by atoms with Crippen molar-refractivity contribution in [1.82, 2.24) is 0 Å². The minimum atomic E-state index is -1.16. The fourth-order valence-corrected chi connectivity index (χ4v) is 0.448. The van der Waals surface area contributed by atoms with Gasteiger partial charge in [0, 0.05) is 6.92 Å². The Bertz CT molecular complexity index is 216. The van der Waals surface area contributed by atoms with Crippen molar-refractivity contribution in [2.75, 3.05) is 6.61 Å². The molecular formula is C10H15O4-. The quantitative estimate of drug-likeness (QED) is 0.376. The zero-order valence-corrected chi connectivity index (χ0v) is 8.65. The second-order valence-corrected chi connectivity index (χ2v) is 2.13. The molecule has 80 valence electrons. The topological polar surface area (TPSA) is 66.4 Å². The number of carbonyl (C=O) groups excluding carboxylic acids is 2. The second kappa shape index (κ2) is 11.4. The van der Waals surface area contributed by atoms with Gasteiger partial charge in [-0.3, -0.25) is 4.79 Å². The monoisotopic (exact) mass is 199 g/mol. The van der Waals surface area contributed by atoms with Gasteiger partial charge >= 0.3 is 5.97 Å². The summed E-state index contributed by atoms with van der Waals surface area (Å²) in [6, 6.07) is 0. The van der Waals surface area contributed by atoms with E-state index in [1.54, 1.807) is 26.0 Å². The van der Waals surface area contributed by atoms with E-state index in [0.29, 0.717) is 6.61 Å². The number of hydrogen-bond donors (Lipinski definition) is 0. The number of esters is 1. The van der Waals surface area contributed by atoms with E-state index < -0.39 is 5.97 Å². The van der Waals surface area contributed by atoms with E-state index in [4.69, 9.17) is 0 Å². The average molecular weight is 199 g/mol. The number of carboxylic acids is 1. The first-order valence-corrected chi connectivity index (χ1v) is 4.18. The van der Waals surface area contributed by atoms with E-state index in [1.165, 1.54) is 13.0 Å². The zero-order valence-electron chi connectivity index (χ0n) is 8.65. The lowest BCUT2D eigenvalue weighted by Gasteiger charge is -1.89. The third-order valence-electron chi connectivity index (χ3n) is 0.883. The third-order valence-corrected chi connectivity index (χ3v) is 0.883. The molecule has 0 radical (unpaired) electrons. The summed E-state index contributed by atoms with van der Waals surface area (Å²) in [5, 5.41) is 9.64. The van der Waals surface area contributed by atoms with Crippen LogP contribution in [0.1, 0.15) is 20.8 Å². The molecule has 4 nitrogen and oxygen atoms in total. The van der Waals surface area contributed by atoms with Crippen LogP contribution in [0.25, 0.3) is 0 Å². The van der Waals surface area contributed by atoms with Gasteiger partial charge < -0.3 is 14.6 Å². The molecule has 0 aromatic heterocycles. The standard InChI is InChI=1S/C6H8O2.C4H8O2/c1-2-3-4-5-6(7)8;1-3-6-4(2)5/h2-5H,1H3,(H,7,8);3H2,1-2H3/p-1/b3-2+,5-4+;. The summed E-state index contributed by atoms with van der Waals surface area (Å²) < 4.78 is 4.40. The van der Waals surface area contributed by atoms with Gasteiger partial charge in [0.05, 0.1) is 12.6 Å².